The van der Waals surface area contributed by atoms with Crippen LogP contribution in [0.25, 0.3) is 27.4 Å². The smallest absolute Gasteiger partial charge is 0.328 e. The van der Waals surface area contributed by atoms with Gasteiger partial charge in [0.1, 0.15) is 0 Å². The van der Waals surface area contributed by atoms with Crippen molar-refractivity contribution in [1.29, 1.82) is 0 Å². The molecule has 1 aliphatic heterocycles. The standard InChI is InChI=1S/C24H22N4O3/c29-22(11-14-28-21-8-4-2-6-18(21)23(30)26-24(28)31)27-12-9-16(10-13-27)19-15-25-20-7-3-1-5-17(19)20/h1-9,15,25H,10-14H2,(H,26,30,31). The van der Waals surface area contributed by atoms with Crippen molar-refractivity contribution in [3.63, 3.8) is 0 Å². The Bertz CT molecular complexity index is 1440. The van der Waals surface area contributed by atoms with Crippen molar-refractivity contribution in [2.24, 2.45) is 0 Å². The fraction of sp³-hybridized carbons (Fsp3) is 0.208. The Morgan fingerprint density at radius 3 is 2.58 bits per heavy atom. The van der Waals surface area contributed by atoms with Gasteiger partial charge in [-0.3, -0.25) is 19.1 Å². The van der Waals surface area contributed by atoms with Crippen LogP contribution >= 0.6 is 0 Å². The van der Waals surface area contributed by atoms with Gasteiger partial charge in [0.05, 0.1) is 10.9 Å². The van der Waals surface area contributed by atoms with Gasteiger partial charge in [-0.1, -0.05) is 36.4 Å². The normalized spacial score (nSPS) is 14.2. The van der Waals surface area contributed by atoms with E-state index in [0.717, 1.165) is 11.9 Å². The van der Waals surface area contributed by atoms with E-state index in [-0.39, 0.29) is 18.9 Å². The Hall–Kier alpha value is -3.87. The molecule has 2 N–H and O–H groups in total. The molecule has 0 bridgehead atoms. The first-order chi connectivity index (χ1) is 15.1. The number of hydrogen-bond donors (Lipinski definition) is 2. The lowest BCUT2D eigenvalue weighted by molar-refractivity contribution is -0.131. The molecule has 5 rings (SSSR count). The first-order valence-electron chi connectivity index (χ1n) is 10.4. The van der Waals surface area contributed by atoms with Crippen LogP contribution in [-0.2, 0) is 11.3 Å². The monoisotopic (exact) mass is 414 g/mol. The second-order valence-corrected chi connectivity index (χ2v) is 7.75. The van der Waals surface area contributed by atoms with E-state index in [1.54, 1.807) is 24.3 Å². The van der Waals surface area contributed by atoms with Crippen LogP contribution in [0.4, 0.5) is 0 Å². The molecule has 0 unspecified atom stereocenters. The second kappa shape index (κ2) is 7.75. The van der Waals surface area contributed by atoms with Crippen LogP contribution in [0.15, 0.2) is 70.4 Å². The number of aromatic nitrogens is 3. The lowest BCUT2D eigenvalue weighted by Gasteiger charge is -2.26. The summed E-state index contributed by atoms with van der Waals surface area (Å²) in [5.41, 5.74) is 3.18. The Morgan fingerprint density at radius 1 is 1.00 bits per heavy atom. The number of nitrogens with zero attached hydrogens (tertiary/aromatic N) is 2. The van der Waals surface area contributed by atoms with E-state index in [9.17, 15) is 14.4 Å². The van der Waals surface area contributed by atoms with Crippen LogP contribution in [-0.4, -0.2) is 38.4 Å². The van der Waals surface area contributed by atoms with Crippen molar-refractivity contribution < 1.29 is 4.79 Å². The van der Waals surface area contributed by atoms with Crippen molar-refractivity contribution in [3.05, 3.63) is 87.2 Å². The SMILES string of the molecule is O=C(CCn1c(=O)[nH]c(=O)c2ccccc21)N1CC=C(c2c[nH]c3ccccc23)CC1. The Morgan fingerprint density at radius 2 is 1.77 bits per heavy atom. The molecule has 0 saturated heterocycles. The third kappa shape index (κ3) is 3.48. The van der Waals surface area contributed by atoms with E-state index in [0.29, 0.717) is 24.0 Å². The topological polar surface area (TPSA) is 91.0 Å². The summed E-state index contributed by atoms with van der Waals surface area (Å²) in [6.45, 7) is 1.42. The van der Waals surface area contributed by atoms with Gasteiger partial charge in [-0.25, -0.2) is 4.79 Å². The van der Waals surface area contributed by atoms with Gasteiger partial charge in [0, 0.05) is 48.7 Å². The number of carbonyl (C=O) groups is 1. The molecule has 1 amide bonds. The summed E-state index contributed by atoms with van der Waals surface area (Å²) in [5, 5.41) is 1.64. The van der Waals surface area contributed by atoms with Crippen LogP contribution in [0.5, 0.6) is 0 Å². The number of aromatic amines is 2. The molecule has 4 aromatic rings. The third-order valence-electron chi connectivity index (χ3n) is 5.95. The first kappa shape index (κ1) is 19.1. The van der Waals surface area contributed by atoms with Gasteiger partial charge in [-0.05, 0) is 30.2 Å². The van der Waals surface area contributed by atoms with Gasteiger partial charge >= 0.3 is 5.69 Å². The average Bonchev–Trinajstić information content (AvgIpc) is 3.23. The molecule has 3 heterocycles. The lowest BCUT2D eigenvalue weighted by Crippen LogP contribution is -2.36. The third-order valence-corrected chi connectivity index (χ3v) is 5.95. The van der Waals surface area contributed by atoms with E-state index >= 15 is 0 Å². The zero-order chi connectivity index (χ0) is 21.4. The highest BCUT2D eigenvalue weighted by Crippen LogP contribution is 2.29. The molecule has 0 fully saturated rings. The zero-order valence-electron chi connectivity index (χ0n) is 16.9. The number of hydrogen-bond acceptors (Lipinski definition) is 3. The van der Waals surface area contributed by atoms with Gasteiger partial charge in [0.2, 0.25) is 5.91 Å². The number of H-pyrrole nitrogens is 2. The van der Waals surface area contributed by atoms with Gasteiger partial charge in [0.15, 0.2) is 0 Å². The number of carbonyl (C=O) groups excluding carboxylic acids is 1. The number of nitrogens with one attached hydrogen (secondary N) is 2. The first-order valence-corrected chi connectivity index (χ1v) is 10.4. The highest BCUT2D eigenvalue weighted by atomic mass is 16.2. The number of aryl methyl sites for hydroxylation is 1. The minimum absolute atomic E-state index is 0.00333. The number of rotatable bonds is 4. The lowest BCUT2D eigenvalue weighted by atomic mass is 9.99. The average molecular weight is 414 g/mol. The molecular formula is C24H22N4O3. The van der Waals surface area contributed by atoms with Crippen molar-refractivity contribution in [2.45, 2.75) is 19.4 Å². The van der Waals surface area contributed by atoms with E-state index < -0.39 is 11.2 Å². The van der Waals surface area contributed by atoms with Crippen LogP contribution < -0.4 is 11.2 Å². The molecule has 2 aromatic carbocycles. The maximum Gasteiger partial charge on any atom is 0.328 e. The largest absolute Gasteiger partial charge is 0.361 e. The van der Waals surface area contributed by atoms with E-state index in [2.05, 4.69) is 28.2 Å². The molecule has 0 spiro atoms. The van der Waals surface area contributed by atoms with Crippen LogP contribution in [0.3, 0.4) is 0 Å². The summed E-state index contributed by atoms with van der Waals surface area (Å²) in [4.78, 5) is 44.5. The molecule has 7 nitrogen and oxygen atoms in total. The van der Waals surface area contributed by atoms with E-state index in [4.69, 9.17) is 0 Å². The summed E-state index contributed by atoms with van der Waals surface area (Å²) in [6.07, 6.45) is 5.13. The van der Waals surface area contributed by atoms with E-state index in [1.165, 1.54) is 21.1 Å². The molecule has 31 heavy (non-hydrogen) atoms. The van der Waals surface area contributed by atoms with E-state index in [1.807, 2.05) is 23.2 Å². The predicted octanol–water partition coefficient (Wildman–Crippen LogP) is 2.88. The molecule has 0 radical (unpaired) electrons. The molecule has 156 valence electrons. The Labute approximate surface area is 177 Å². The quantitative estimate of drug-likeness (QED) is 0.538. The minimum atomic E-state index is -0.489. The summed E-state index contributed by atoms with van der Waals surface area (Å²) >= 11 is 0. The Balaban J connectivity index is 1.30. The van der Waals surface area contributed by atoms with Gasteiger partial charge in [0.25, 0.3) is 5.56 Å². The number of benzene rings is 2. The molecule has 0 saturated carbocycles. The van der Waals surface area contributed by atoms with Crippen LogP contribution in [0.1, 0.15) is 18.4 Å². The van der Waals surface area contributed by atoms with Gasteiger partial charge in [-0.2, -0.15) is 0 Å². The summed E-state index contributed by atoms with van der Waals surface area (Å²) < 4.78 is 1.46. The maximum atomic E-state index is 12.8. The molecular weight excluding hydrogens is 392 g/mol. The fourth-order valence-electron chi connectivity index (χ4n) is 4.31. The summed E-state index contributed by atoms with van der Waals surface area (Å²) in [7, 11) is 0. The predicted molar refractivity (Wildman–Crippen MR) is 121 cm³/mol. The maximum absolute atomic E-state index is 12.8. The van der Waals surface area contributed by atoms with Gasteiger partial charge in [-0.15, -0.1) is 0 Å². The minimum Gasteiger partial charge on any atom is -0.361 e. The summed E-state index contributed by atoms with van der Waals surface area (Å²) in [6, 6.07) is 15.1. The molecule has 7 heteroatoms. The molecule has 0 aliphatic carbocycles. The molecule has 1 aliphatic rings. The van der Waals surface area contributed by atoms with Crippen LogP contribution in [0, 0.1) is 0 Å². The highest BCUT2D eigenvalue weighted by molar-refractivity contribution is 5.93. The molecule has 0 atom stereocenters. The number of amides is 1. The van der Waals surface area contributed by atoms with Crippen molar-refractivity contribution in [3.8, 4) is 0 Å². The van der Waals surface area contributed by atoms with Crippen molar-refractivity contribution >= 4 is 33.3 Å². The fourth-order valence-corrected chi connectivity index (χ4v) is 4.31. The summed E-state index contributed by atoms with van der Waals surface area (Å²) in [5.74, 6) is -0.00333. The number of fused-ring (bicyclic) bond motifs is 2. The van der Waals surface area contributed by atoms with Crippen molar-refractivity contribution in [1.82, 2.24) is 19.4 Å². The molecule has 2 aromatic heterocycles. The second-order valence-electron chi connectivity index (χ2n) is 7.75. The highest BCUT2D eigenvalue weighted by Gasteiger charge is 2.20. The van der Waals surface area contributed by atoms with Crippen molar-refractivity contribution in [2.75, 3.05) is 13.1 Å². The zero-order valence-corrected chi connectivity index (χ0v) is 16.9. The Kier molecular flexibility index (Phi) is 4.78. The van der Waals surface area contributed by atoms with Crippen LogP contribution in [0.2, 0.25) is 0 Å². The number of para-hydroxylation sites is 2. The van der Waals surface area contributed by atoms with Gasteiger partial charge < -0.3 is 9.88 Å².